The van der Waals surface area contributed by atoms with Crippen LogP contribution in [0.25, 0.3) is 0 Å². The van der Waals surface area contributed by atoms with Crippen LogP contribution >= 0.6 is 0 Å². The third-order valence-electron chi connectivity index (χ3n) is 1.89. The van der Waals surface area contributed by atoms with E-state index in [-0.39, 0.29) is 5.97 Å². The molecule has 4 heteroatoms. The second kappa shape index (κ2) is 10.3. The normalized spacial score (nSPS) is 9.00. The zero-order chi connectivity index (χ0) is 13.8. The van der Waals surface area contributed by atoms with Crippen molar-refractivity contribution in [1.82, 2.24) is 0 Å². The smallest absolute Gasteiger partial charge is 0.311 e. The fourth-order valence-corrected chi connectivity index (χ4v) is 1.09. The Labute approximate surface area is 108 Å². The van der Waals surface area contributed by atoms with Gasteiger partial charge in [-0.2, -0.15) is 0 Å². The monoisotopic (exact) mass is 252 g/mol. The Morgan fingerprint density at radius 3 is 2.00 bits per heavy atom. The number of rotatable bonds is 5. The molecule has 18 heavy (non-hydrogen) atoms. The summed E-state index contributed by atoms with van der Waals surface area (Å²) in [6, 6.07) is 9.11. The summed E-state index contributed by atoms with van der Waals surface area (Å²) in [6.07, 6.45) is 2.33. The van der Waals surface area contributed by atoms with E-state index in [1.54, 1.807) is 12.1 Å². The number of para-hydroxylation sites is 1. The minimum absolute atomic E-state index is 0.163. The number of carbonyl (C=O) groups is 2. The van der Waals surface area contributed by atoms with E-state index in [0.717, 1.165) is 12.8 Å². The van der Waals surface area contributed by atoms with Crippen LogP contribution in [0.15, 0.2) is 30.3 Å². The molecule has 0 amide bonds. The molecular weight excluding hydrogens is 232 g/mol. The maximum atomic E-state index is 11.0. The lowest BCUT2D eigenvalue weighted by atomic mass is 10.3. The molecule has 1 aromatic rings. The van der Waals surface area contributed by atoms with E-state index in [1.165, 1.54) is 0 Å². The summed E-state index contributed by atoms with van der Waals surface area (Å²) >= 11 is 0. The van der Waals surface area contributed by atoms with Crippen LogP contribution in [0.4, 0.5) is 0 Å². The highest BCUT2D eigenvalue weighted by Gasteiger charge is 2.00. The minimum atomic E-state index is -0.711. The van der Waals surface area contributed by atoms with Gasteiger partial charge in [-0.15, -0.1) is 0 Å². The molecule has 1 rings (SSSR count). The molecule has 0 aliphatic heterocycles. The molecule has 0 fully saturated rings. The highest BCUT2D eigenvalue weighted by Crippen LogP contribution is 2.09. The molecule has 0 spiro atoms. The molecule has 0 aliphatic carbocycles. The SMILES string of the molecule is CCCC(=O)O.CCCC(=O)Oc1ccccc1. The molecule has 0 atom stereocenters. The number of hydrogen-bond donors (Lipinski definition) is 1. The van der Waals surface area contributed by atoms with Gasteiger partial charge in [-0.05, 0) is 25.0 Å². The number of carbonyl (C=O) groups excluding carboxylic acids is 1. The number of ether oxygens (including phenoxy) is 1. The molecule has 4 nitrogen and oxygen atoms in total. The molecule has 0 radical (unpaired) electrons. The first-order valence-corrected chi connectivity index (χ1v) is 6.07. The maximum absolute atomic E-state index is 11.0. The summed E-state index contributed by atoms with van der Waals surface area (Å²) in [4.78, 5) is 20.6. The van der Waals surface area contributed by atoms with Crippen molar-refractivity contribution in [3.05, 3.63) is 30.3 Å². The van der Waals surface area contributed by atoms with Crippen LogP contribution in [0.2, 0.25) is 0 Å². The summed E-state index contributed by atoms with van der Waals surface area (Å²) in [5.41, 5.74) is 0. The van der Waals surface area contributed by atoms with Gasteiger partial charge in [0.1, 0.15) is 5.75 Å². The van der Waals surface area contributed by atoms with Crippen molar-refractivity contribution in [1.29, 1.82) is 0 Å². The molecule has 0 aliphatic rings. The molecule has 0 unspecified atom stereocenters. The Hall–Kier alpha value is -1.84. The van der Waals surface area contributed by atoms with Crippen molar-refractivity contribution in [2.45, 2.75) is 39.5 Å². The van der Waals surface area contributed by atoms with Gasteiger partial charge in [0.25, 0.3) is 0 Å². The van der Waals surface area contributed by atoms with Crippen LogP contribution in [-0.2, 0) is 9.59 Å². The van der Waals surface area contributed by atoms with Gasteiger partial charge < -0.3 is 9.84 Å². The molecule has 0 aromatic heterocycles. The van der Waals surface area contributed by atoms with Gasteiger partial charge in [-0.3, -0.25) is 9.59 Å². The molecule has 0 saturated heterocycles. The van der Waals surface area contributed by atoms with Gasteiger partial charge in [0.15, 0.2) is 0 Å². The average Bonchev–Trinajstić information content (AvgIpc) is 2.31. The van der Waals surface area contributed by atoms with Crippen LogP contribution < -0.4 is 4.74 Å². The van der Waals surface area contributed by atoms with Gasteiger partial charge in [0.05, 0.1) is 0 Å². The fraction of sp³-hybridized carbons (Fsp3) is 0.429. The van der Waals surface area contributed by atoms with Crippen molar-refractivity contribution in [2.24, 2.45) is 0 Å². The second-order valence-electron chi connectivity index (χ2n) is 3.68. The number of hydrogen-bond acceptors (Lipinski definition) is 3. The summed E-state index contributed by atoms with van der Waals surface area (Å²) < 4.78 is 5.02. The first-order valence-electron chi connectivity index (χ1n) is 6.07. The van der Waals surface area contributed by atoms with E-state index in [4.69, 9.17) is 9.84 Å². The Morgan fingerprint density at radius 1 is 1.06 bits per heavy atom. The molecule has 0 heterocycles. The summed E-state index contributed by atoms with van der Waals surface area (Å²) in [5, 5.41) is 7.91. The average molecular weight is 252 g/mol. The number of carboxylic acids is 1. The maximum Gasteiger partial charge on any atom is 0.311 e. The van der Waals surface area contributed by atoms with Crippen molar-refractivity contribution < 1.29 is 19.4 Å². The van der Waals surface area contributed by atoms with Crippen molar-refractivity contribution in [3.8, 4) is 5.75 Å². The van der Waals surface area contributed by atoms with Crippen LogP contribution in [0, 0.1) is 0 Å². The van der Waals surface area contributed by atoms with E-state index in [9.17, 15) is 9.59 Å². The number of benzene rings is 1. The molecule has 1 aromatic carbocycles. The largest absolute Gasteiger partial charge is 0.481 e. The Bertz CT molecular complexity index is 346. The summed E-state index contributed by atoms with van der Waals surface area (Å²) in [7, 11) is 0. The first kappa shape index (κ1) is 16.2. The van der Waals surface area contributed by atoms with Crippen molar-refractivity contribution in [2.75, 3.05) is 0 Å². The molecule has 100 valence electrons. The number of esters is 1. The highest BCUT2D eigenvalue weighted by molar-refractivity contribution is 5.72. The van der Waals surface area contributed by atoms with E-state index in [1.807, 2.05) is 32.0 Å². The van der Waals surface area contributed by atoms with Gasteiger partial charge >= 0.3 is 11.9 Å². The standard InChI is InChI=1S/C10H12O2.C4H8O2/c1-2-6-10(11)12-9-7-4-3-5-8-9;1-2-3-4(5)6/h3-5,7-8H,2,6H2,1H3;2-3H2,1H3,(H,5,6). The highest BCUT2D eigenvalue weighted by atomic mass is 16.5. The lowest BCUT2D eigenvalue weighted by Gasteiger charge is -2.01. The van der Waals surface area contributed by atoms with Gasteiger partial charge in [-0.1, -0.05) is 32.0 Å². The quantitative estimate of drug-likeness (QED) is 0.645. The van der Waals surface area contributed by atoms with Crippen molar-refractivity contribution in [3.63, 3.8) is 0 Å². The van der Waals surface area contributed by atoms with E-state index in [0.29, 0.717) is 18.6 Å². The molecular formula is C14H20O4. The van der Waals surface area contributed by atoms with Crippen LogP contribution in [0.3, 0.4) is 0 Å². The molecule has 0 saturated carbocycles. The molecule has 0 bridgehead atoms. The van der Waals surface area contributed by atoms with Gasteiger partial charge in [-0.25, -0.2) is 0 Å². The lowest BCUT2D eigenvalue weighted by Crippen LogP contribution is -2.06. The minimum Gasteiger partial charge on any atom is -0.481 e. The topological polar surface area (TPSA) is 63.6 Å². The Balaban J connectivity index is 0.000000411. The third kappa shape index (κ3) is 9.39. The van der Waals surface area contributed by atoms with Crippen LogP contribution in [-0.4, -0.2) is 17.0 Å². The Morgan fingerprint density at radius 2 is 1.61 bits per heavy atom. The zero-order valence-electron chi connectivity index (χ0n) is 10.9. The summed E-state index contributed by atoms with van der Waals surface area (Å²) in [6.45, 7) is 3.79. The van der Waals surface area contributed by atoms with Crippen molar-refractivity contribution >= 4 is 11.9 Å². The van der Waals surface area contributed by atoms with E-state index < -0.39 is 5.97 Å². The van der Waals surface area contributed by atoms with E-state index in [2.05, 4.69) is 0 Å². The van der Waals surface area contributed by atoms with Gasteiger partial charge in [0.2, 0.25) is 0 Å². The van der Waals surface area contributed by atoms with Crippen LogP contribution in [0.1, 0.15) is 39.5 Å². The third-order valence-corrected chi connectivity index (χ3v) is 1.89. The lowest BCUT2D eigenvalue weighted by molar-refractivity contribution is -0.137. The summed E-state index contributed by atoms with van der Waals surface area (Å²) in [5.74, 6) is -0.253. The van der Waals surface area contributed by atoms with Gasteiger partial charge in [0, 0.05) is 12.8 Å². The predicted octanol–water partition coefficient (Wildman–Crippen LogP) is 3.26. The number of aliphatic carboxylic acids is 1. The Kier molecular flexibility index (Phi) is 9.27. The second-order valence-corrected chi connectivity index (χ2v) is 3.68. The number of carboxylic acid groups (broad SMARTS) is 1. The van der Waals surface area contributed by atoms with E-state index >= 15 is 0 Å². The van der Waals surface area contributed by atoms with Crippen LogP contribution in [0.5, 0.6) is 5.75 Å². The first-order chi connectivity index (χ1) is 8.60. The molecule has 1 N–H and O–H groups in total. The predicted molar refractivity (Wildman–Crippen MR) is 69.5 cm³/mol. The zero-order valence-corrected chi connectivity index (χ0v) is 10.9. The fourth-order valence-electron chi connectivity index (χ4n) is 1.09.